The molecule has 1 aliphatic rings. The highest BCUT2D eigenvalue weighted by Crippen LogP contribution is 2.40. The average molecular weight is 657 g/mol. The normalized spacial score (nSPS) is 12.1. The van der Waals surface area contributed by atoms with E-state index in [1.54, 1.807) is 51.5 Å². The number of nitrogens with zero attached hydrogens (tertiary/aromatic N) is 2. The van der Waals surface area contributed by atoms with E-state index >= 15 is 0 Å². The van der Waals surface area contributed by atoms with Gasteiger partial charge in [-0.1, -0.05) is 31.5 Å². The first-order valence-electron chi connectivity index (χ1n) is 15.8. The molecule has 0 spiro atoms. The summed E-state index contributed by atoms with van der Waals surface area (Å²) in [6, 6.07) is 16.2. The topological polar surface area (TPSA) is 117 Å². The highest BCUT2D eigenvalue weighted by molar-refractivity contribution is 5.96. The van der Waals surface area contributed by atoms with Crippen LogP contribution in [-0.4, -0.2) is 56.4 Å². The number of aromatic nitrogens is 2. The molecule has 252 valence electrons. The van der Waals surface area contributed by atoms with Gasteiger partial charge in [-0.2, -0.15) is 5.10 Å². The Kier molecular flexibility index (Phi) is 11.2. The van der Waals surface area contributed by atoms with Crippen LogP contribution >= 0.6 is 0 Å². The summed E-state index contributed by atoms with van der Waals surface area (Å²) in [5, 5.41) is 4.96. The number of unbranched alkanes of at least 4 members (excludes halogenated alkanes) is 1. The van der Waals surface area contributed by atoms with E-state index in [0.717, 1.165) is 18.4 Å². The fourth-order valence-electron chi connectivity index (χ4n) is 5.33. The number of rotatable bonds is 15. The zero-order valence-corrected chi connectivity index (χ0v) is 27.9. The molecular weight excluding hydrogens is 616 g/mol. The molecule has 0 atom stereocenters. The van der Waals surface area contributed by atoms with Crippen LogP contribution in [0.4, 0.5) is 0 Å². The Morgan fingerprint density at radius 2 is 1.73 bits per heavy atom. The van der Waals surface area contributed by atoms with E-state index in [2.05, 4.69) is 6.92 Å². The first-order valence-corrected chi connectivity index (χ1v) is 15.8. The van der Waals surface area contributed by atoms with Crippen molar-refractivity contribution >= 4 is 18.0 Å². The van der Waals surface area contributed by atoms with Crippen molar-refractivity contribution in [3.05, 3.63) is 88.6 Å². The fourth-order valence-corrected chi connectivity index (χ4v) is 5.33. The Morgan fingerprint density at radius 1 is 0.938 bits per heavy atom. The lowest BCUT2D eigenvalue weighted by molar-refractivity contribution is -0.138. The molecule has 0 saturated carbocycles. The second kappa shape index (κ2) is 15.9. The minimum atomic E-state index is -0.463. The third kappa shape index (κ3) is 7.74. The van der Waals surface area contributed by atoms with Gasteiger partial charge in [0.1, 0.15) is 29.5 Å². The number of ether oxygens (including phenoxy) is 7. The molecule has 1 aromatic heterocycles. The lowest BCUT2D eigenvalue weighted by atomic mass is 9.99. The van der Waals surface area contributed by atoms with Crippen molar-refractivity contribution in [1.82, 2.24) is 9.78 Å². The summed E-state index contributed by atoms with van der Waals surface area (Å²) in [4.78, 5) is 25.9. The Bertz CT molecular complexity index is 1790. The SMILES string of the molecule is CCCCn1cc(/C=C(/Cc2cc3c(cc2OC)OCO3)C(=O)OCC)c(-c2ccc(OC)cc2OCc2ccccc2C(=O)OC)n1. The molecule has 1 aliphatic heterocycles. The van der Waals surface area contributed by atoms with Gasteiger partial charge in [-0.3, -0.25) is 4.68 Å². The number of aryl methyl sites for hydroxylation is 1. The number of carbonyl (C=O) groups excluding carboxylic acids is 2. The minimum absolute atomic E-state index is 0.0884. The van der Waals surface area contributed by atoms with Crippen molar-refractivity contribution < 1.29 is 42.7 Å². The molecule has 0 aliphatic carbocycles. The molecule has 3 aromatic carbocycles. The molecular formula is C37H40N2O9. The van der Waals surface area contributed by atoms with Crippen LogP contribution in [0.5, 0.6) is 28.7 Å². The second-order valence-electron chi connectivity index (χ2n) is 10.9. The van der Waals surface area contributed by atoms with E-state index in [-0.39, 0.29) is 26.4 Å². The van der Waals surface area contributed by atoms with Gasteiger partial charge in [0.05, 0.1) is 33.5 Å². The lowest BCUT2D eigenvalue weighted by Crippen LogP contribution is -2.10. The van der Waals surface area contributed by atoms with Crippen molar-refractivity contribution in [2.45, 2.75) is 46.3 Å². The van der Waals surface area contributed by atoms with Crippen LogP contribution in [0.2, 0.25) is 0 Å². The van der Waals surface area contributed by atoms with Gasteiger partial charge in [0.15, 0.2) is 11.5 Å². The van der Waals surface area contributed by atoms with Gasteiger partial charge >= 0.3 is 11.9 Å². The van der Waals surface area contributed by atoms with E-state index in [1.165, 1.54) is 7.11 Å². The number of fused-ring (bicyclic) bond motifs is 1. The summed E-state index contributed by atoms with van der Waals surface area (Å²) in [6.45, 7) is 4.98. The van der Waals surface area contributed by atoms with Crippen molar-refractivity contribution in [2.24, 2.45) is 0 Å². The van der Waals surface area contributed by atoms with Crippen molar-refractivity contribution in [3.8, 4) is 40.0 Å². The zero-order valence-electron chi connectivity index (χ0n) is 27.9. The molecule has 0 N–H and O–H groups in total. The van der Waals surface area contributed by atoms with Crippen LogP contribution in [0.25, 0.3) is 17.3 Å². The molecule has 0 fully saturated rings. The molecule has 4 aromatic rings. The van der Waals surface area contributed by atoms with E-state index in [9.17, 15) is 9.59 Å². The number of hydrogen-bond acceptors (Lipinski definition) is 10. The van der Waals surface area contributed by atoms with Gasteiger partial charge < -0.3 is 33.2 Å². The maximum Gasteiger partial charge on any atom is 0.338 e. The molecule has 11 heteroatoms. The van der Waals surface area contributed by atoms with Gasteiger partial charge in [0.25, 0.3) is 0 Å². The molecule has 48 heavy (non-hydrogen) atoms. The van der Waals surface area contributed by atoms with Crippen LogP contribution in [0, 0.1) is 0 Å². The largest absolute Gasteiger partial charge is 0.497 e. The highest BCUT2D eigenvalue weighted by Gasteiger charge is 2.23. The molecule has 0 amide bonds. The summed E-state index contributed by atoms with van der Waals surface area (Å²) >= 11 is 0. The molecule has 5 rings (SSSR count). The first kappa shape index (κ1) is 33.9. The monoisotopic (exact) mass is 656 g/mol. The average Bonchev–Trinajstić information content (AvgIpc) is 3.75. The molecule has 0 unspecified atom stereocenters. The van der Waals surface area contributed by atoms with Crippen molar-refractivity contribution in [2.75, 3.05) is 34.7 Å². The Morgan fingerprint density at radius 3 is 2.46 bits per heavy atom. The molecule has 11 nitrogen and oxygen atoms in total. The fraction of sp³-hybridized carbons (Fsp3) is 0.324. The van der Waals surface area contributed by atoms with Gasteiger partial charge in [-0.25, -0.2) is 9.59 Å². The Hall–Kier alpha value is -5.45. The highest BCUT2D eigenvalue weighted by atomic mass is 16.7. The van der Waals surface area contributed by atoms with Crippen LogP contribution in [-0.2, 0) is 33.8 Å². The molecule has 0 bridgehead atoms. The molecule has 2 heterocycles. The van der Waals surface area contributed by atoms with E-state index in [1.807, 2.05) is 41.2 Å². The van der Waals surface area contributed by atoms with Gasteiger partial charge in [-0.15, -0.1) is 0 Å². The molecule has 0 radical (unpaired) electrons. The molecule has 0 saturated heterocycles. The summed E-state index contributed by atoms with van der Waals surface area (Å²) in [6.07, 6.45) is 5.82. The Balaban J connectivity index is 1.59. The van der Waals surface area contributed by atoms with E-state index in [0.29, 0.717) is 68.8 Å². The lowest BCUT2D eigenvalue weighted by Gasteiger charge is -2.15. The van der Waals surface area contributed by atoms with Crippen LogP contribution in [0.3, 0.4) is 0 Å². The maximum absolute atomic E-state index is 13.4. The zero-order chi connectivity index (χ0) is 34.0. The smallest absolute Gasteiger partial charge is 0.338 e. The second-order valence-corrected chi connectivity index (χ2v) is 10.9. The van der Waals surface area contributed by atoms with Crippen LogP contribution < -0.4 is 23.7 Å². The van der Waals surface area contributed by atoms with Crippen molar-refractivity contribution in [1.29, 1.82) is 0 Å². The standard InChI is InChI=1S/C37H40N2O9/c1-6-8-15-39-21-27(17-26(36(40)45-7-2)16-25-18-33-34(48-23-47-33)20-31(25)43-4)35(38-39)30-14-13-28(42-3)19-32(30)46-22-24-11-9-10-12-29(24)37(41)44-5/h9-14,17-21H,6-8,15-16,22-23H2,1-5H3/b26-17-. The van der Waals surface area contributed by atoms with Gasteiger partial charge in [0, 0.05) is 59.1 Å². The summed E-state index contributed by atoms with van der Waals surface area (Å²) < 4.78 is 41.0. The van der Waals surface area contributed by atoms with Crippen LogP contribution in [0.15, 0.2) is 66.4 Å². The first-order chi connectivity index (χ1) is 23.4. The summed E-state index contributed by atoms with van der Waals surface area (Å²) in [5.74, 6) is 1.88. The van der Waals surface area contributed by atoms with E-state index < -0.39 is 11.9 Å². The number of benzene rings is 3. The van der Waals surface area contributed by atoms with Gasteiger partial charge in [0.2, 0.25) is 6.79 Å². The number of esters is 2. The summed E-state index contributed by atoms with van der Waals surface area (Å²) in [5.41, 5.74) is 4.18. The third-order valence-corrected chi connectivity index (χ3v) is 7.80. The summed E-state index contributed by atoms with van der Waals surface area (Å²) in [7, 11) is 4.49. The Labute approximate surface area is 279 Å². The third-order valence-electron chi connectivity index (χ3n) is 7.80. The number of hydrogen-bond donors (Lipinski definition) is 0. The minimum Gasteiger partial charge on any atom is -0.497 e. The maximum atomic E-state index is 13.4. The number of carbonyl (C=O) groups is 2. The predicted molar refractivity (Wildman–Crippen MR) is 179 cm³/mol. The quantitative estimate of drug-likeness (QED) is 0.102. The number of methoxy groups -OCH3 is 3. The van der Waals surface area contributed by atoms with Crippen molar-refractivity contribution in [3.63, 3.8) is 0 Å². The van der Waals surface area contributed by atoms with Gasteiger partial charge in [-0.05, 0) is 43.7 Å². The van der Waals surface area contributed by atoms with Crippen LogP contribution in [0.1, 0.15) is 53.7 Å². The van der Waals surface area contributed by atoms with E-state index in [4.69, 9.17) is 38.3 Å². The predicted octanol–water partition coefficient (Wildman–Crippen LogP) is 6.65.